The Morgan fingerprint density at radius 3 is 2.19 bits per heavy atom. The Morgan fingerprint density at radius 1 is 1.00 bits per heavy atom. The number of sulfonamides is 1. The normalized spacial score (nSPS) is 11.5. The maximum atomic E-state index is 12.3. The van der Waals surface area contributed by atoms with Gasteiger partial charge in [-0.2, -0.15) is 0 Å². The first kappa shape index (κ1) is 19.9. The van der Waals surface area contributed by atoms with E-state index in [1.807, 2.05) is 39.0 Å². The van der Waals surface area contributed by atoms with Crippen LogP contribution in [0.5, 0.6) is 0 Å². The highest BCUT2D eigenvalue weighted by Crippen LogP contribution is 2.22. The maximum Gasteiger partial charge on any atom is 0.243 e. The fourth-order valence-corrected chi connectivity index (χ4v) is 3.46. The number of para-hydroxylation sites is 1. The van der Waals surface area contributed by atoms with Gasteiger partial charge in [-0.1, -0.05) is 24.3 Å². The first-order chi connectivity index (χ1) is 12.1. The molecule has 0 spiro atoms. The quantitative estimate of drug-likeness (QED) is 0.814. The second kappa shape index (κ2) is 7.88. The smallest absolute Gasteiger partial charge is 0.243 e. The molecule has 2 aromatic rings. The number of hydrogen-bond acceptors (Lipinski definition) is 4. The highest BCUT2D eigenvalue weighted by atomic mass is 32.2. The van der Waals surface area contributed by atoms with Crippen LogP contribution in [0, 0.1) is 20.8 Å². The van der Waals surface area contributed by atoms with Crippen molar-refractivity contribution in [2.75, 3.05) is 31.3 Å². The molecule has 7 heteroatoms. The molecule has 0 aliphatic rings. The lowest BCUT2D eigenvalue weighted by atomic mass is 10.1. The standard InChI is InChI=1S/C19H25N3O3S/c1-13-9-10-16(26(24,25)22(4)5)11-17(13)20-12-18(23)21-19-14(2)7-6-8-15(19)3/h6-11,20H,12H2,1-5H3,(H,21,23). The van der Waals surface area contributed by atoms with Gasteiger partial charge in [0.2, 0.25) is 15.9 Å². The minimum absolute atomic E-state index is 0.0417. The number of carbonyl (C=O) groups is 1. The molecule has 26 heavy (non-hydrogen) atoms. The fourth-order valence-electron chi connectivity index (χ4n) is 2.53. The molecule has 0 fully saturated rings. The predicted molar refractivity (Wildman–Crippen MR) is 105 cm³/mol. The van der Waals surface area contributed by atoms with Gasteiger partial charge >= 0.3 is 0 Å². The van der Waals surface area contributed by atoms with Crippen LogP contribution in [0.15, 0.2) is 41.3 Å². The number of nitrogens with zero attached hydrogens (tertiary/aromatic N) is 1. The van der Waals surface area contributed by atoms with E-state index in [0.29, 0.717) is 5.69 Å². The molecule has 0 radical (unpaired) electrons. The lowest BCUT2D eigenvalue weighted by Gasteiger charge is -2.15. The number of hydrogen-bond donors (Lipinski definition) is 2. The Morgan fingerprint density at radius 2 is 1.62 bits per heavy atom. The van der Waals surface area contributed by atoms with Crippen LogP contribution >= 0.6 is 0 Å². The molecular formula is C19H25N3O3S. The van der Waals surface area contributed by atoms with Crippen molar-refractivity contribution in [3.05, 3.63) is 53.1 Å². The van der Waals surface area contributed by atoms with Crippen molar-refractivity contribution in [1.82, 2.24) is 4.31 Å². The van der Waals surface area contributed by atoms with Crippen LogP contribution in [-0.2, 0) is 14.8 Å². The van der Waals surface area contributed by atoms with Gasteiger partial charge in [-0.05, 0) is 49.6 Å². The van der Waals surface area contributed by atoms with Gasteiger partial charge in [0.15, 0.2) is 0 Å². The van der Waals surface area contributed by atoms with Gasteiger partial charge < -0.3 is 10.6 Å². The molecule has 0 aromatic heterocycles. The summed E-state index contributed by atoms with van der Waals surface area (Å²) in [6, 6.07) is 10.7. The number of nitrogens with one attached hydrogen (secondary N) is 2. The van der Waals surface area contributed by atoms with E-state index in [2.05, 4.69) is 10.6 Å². The van der Waals surface area contributed by atoms with Crippen LogP contribution in [0.2, 0.25) is 0 Å². The number of aryl methyl sites for hydroxylation is 3. The van der Waals surface area contributed by atoms with Gasteiger partial charge in [0, 0.05) is 25.5 Å². The lowest BCUT2D eigenvalue weighted by molar-refractivity contribution is -0.114. The molecule has 0 heterocycles. The van der Waals surface area contributed by atoms with Gasteiger partial charge in [0.05, 0.1) is 11.4 Å². The van der Waals surface area contributed by atoms with E-state index >= 15 is 0 Å². The van der Waals surface area contributed by atoms with Gasteiger partial charge in [-0.3, -0.25) is 4.79 Å². The van der Waals surface area contributed by atoms with E-state index in [1.165, 1.54) is 14.1 Å². The molecule has 0 saturated heterocycles. The summed E-state index contributed by atoms with van der Waals surface area (Å²) in [6.07, 6.45) is 0. The Hall–Kier alpha value is -2.38. The third kappa shape index (κ3) is 4.42. The van der Waals surface area contributed by atoms with Crippen molar-refractivity contribution >= 4 is 27.3 Å². The van der Waals surface area contributed by atoms with Crippen molar-refractivity contribution < 1.29 is 13.2 Å². The number of carbonyl (C=O) groups excluding carboxylic acids is 1. The minimum Gasteiger partial charge on any atom is -0.376 e. The van der Waals surface area contributed by atoms with Crippen LogP contribution in [0.1, 0.15) is 16.7 Å². The minimum atomic E-state index is -3.52. The van der Waals surface area contributed by atoms with Crippen LogP contribution < -0.4 is 10.6 Å². The second-order valence-electron chi connectivity index (χ2n) is 6.43. The summed E-state index contributed by atoms with van der Waals surface area (Å²) in [5.41, 5.74) is 4.27. The summed E-state index contributed by atoms with van der Waals surface area (Å²) in [7, 11) is -0.549. The topological polar surface area (TPSA) is 78.5 Å². The maximum absolute atomic E-state index is 12.3. The van der Waals surface area contributed by atoms with E-state index in [4.69, 9.17) is 0 Å². The van der Waals surface area contributed by atoms with Gasteiger partial charge in [0.25, 0.3) is 0 Å². The van der Waals surface area contributed by atoms with E-state index in [0.717, 1.165) is 26.7 Å². The molecule has 2 N–H and O–H groups in total. The van der Waals surface area contributed by atoms with Crippen LogP contribution in [-0.4, -0.2) is 39.3 Å². The van der Waals surface area contributed by atoms with Crippen molar-refractivity contribution in [1.29, 1.82) is 0 Å². The number of benzene rings is 2. The highest BCUT2D eigenvalue weighted by Gasteiger charge is 2.18. The summed E-state index contributed by atoms with van der Waals surface area (Å²) in [4.78, 5) is 12.5. The summed E-state index contributed by atoms with van der Waals surface area (Å²) in [5, 5.41) is 5.93. The molecule has 2 rings (SSSR count). The van der Waals surface area contributed by atoms with E-state index in [1.54, 1.807) is 18.2 Å². The Kier molecular flexibility index (Phi) is 6.05. The van der Waals surface area contributed by atoms with Crippen LogP contribution in [0.4, 0.5) is 11.4 Å². The Balaban J connectivity index is 2.13. The third-order valence-corrected chi connectivity index (χ3v) is 5.98. The van der Waals surface area contributed by atoms with E-state index < -0.39 is 10.0 Å². The molecular weight excluding hydrogens is 350 g/mol. The van der Waals surface area contributed by atoms with Crippen molar-refractivity contribution in [2.24, 2.45) is 0 Å². The number of rotatable bonds is 6. The molecule has 140 valence electrons. The van der Waals surface area contributed by atoms with Crippen molar-refractivity contribution in [3.8, 4) is 0 Å². The number of anilines is 2. The Labute approximate surface area is 155 Å². The summed E-state index contributed by atoms with van der Waals surface area (Å²) in [5.74, 6) is -0.192. The predicted octanol–water partition coefficient (Wildman–Crippen LogP) is 2.91. The SMILES string of the molecule is Cc1ccc(S(=O)(=O)N(C)C)cc1NCC(=O)Nc1c(C)cccc1C. The van der Waals surface area contributed by atoms with Crippen LogP contribution in [0.3, 0.4) is 0 Å². The fraction of sp³-hybridized carbons (Fsp3) is 0.316. The lowest BCUT2D eigenvalue weighted by Crippen LogP contribution is -2.24. The molecule has 0 bridgehead atoms. The number of amides is 1. The molecule has 0 unspecified atom stereocenters. The Bertz CT molecular complexity index is 901. The highest BCUT2D eigenvalue weighted by molar-refractivity contribution is 7.89. The molecule has 2 aromatic carbocycles. The molecule has 1 amide bonds. The zero-order chi connectivity index (χ0) is 19.5. The molecule has 0 aliphatic heterocycles. The third-order valence-electron chi connectivity index (χ3n) is 4.17. The summed E-state index contributed by atoms with van der Waals surface area (Å²) in [6.45, 7) is 5.78. The average molecular weight is 375 g/mol. The zero-order valence-corrected chi connectivity index (χ0v) is 16.6. The van der Waals surface area contributed by atoms with E-state index in [9.17, 15) is 13.2 Å². The first-order valence-electron chi connectivity index (χ1n) is 8.26. The van der Waals surface area contributed by atoms with Crippen molar-refractivity contribution in [2.45, 2.75) is 25.7 Å². The molecule has 0 aliphatic carbocycles. The zero-order valence-electron chi connectivity index (χ0n) is 15.8. The van der Waals surface area contributed by atoms with Gasteiger partial charge in [-0.25, -0.2) is 12.7 Å². The molecule has 0 saturated carbocycles. The van der Waals surface area contributed by atoms with Gasteiger partial charge in [0.1, 0.15) is 0 Å². The largest absolute Gasteiger partial charge is 0.376 e. The first-order valence-corrected chi connectivity index (χ1v) is 9.70. The summed E-state index contributed by atoms with van der Waals surface area (Å²) < 4.78 is 25.7. The van der Waals surface area contributed by atoms with Crippen molar-refractivity contribution in [3.63, 3.8) is 0 Å². The monoisotopic (exact) mass is 375 g/mol. The average Bonchev–Trinajstić information content (AvgIpc) is 2.57. The molecule has 0 atom stereocenters. The molecule has 6 nitrogen and oxygen atoms in total. The van der Waals surface area contributed by atoms with Crippen LogP contribution in [0.25, 0.3) is 0 Å². The van der Waals surface area contributed by atoms with Gasteiger partial charge in [-0.15, -0.1) is 0 Å². The summed E-state index contributed by atoms with van der Waals surface area (Å²) >= 11 is 0. The van der Waals surface area contributed by atoms with E-state index in [-0.39, 0.29) is 17.3 Å². The second-order valence-corrected chi connectivity index (χ2v) is 8.58.